The third-order valence-electron chi connectivity index (χ3n) is 3.37. The molecular formula is C13H20BrClN2OS. The Hall–Kier alpha value is -0.100. The van der Waals surface area contributed by atoms with Crippen molar-refractivity contribution in [1.82, 2.24) is 10.2 Å². The quantitative estimate of drug-likeness (QED) is 0.866. The summed E-state index contributed by atoms with van der Waals surface area (Å²) in [6.45, 7) is 2.91. The number of carbonyl (C=O) groups excluding carboxylic acids is 1. The molecule has 6 heteroatoms. The van der Waals surface area contributed by atoms with E-state index in [4.69, 9.17) is 0 Å². The fourth-order valence-corrected chi connectivity index (χ4v) is 3.74. The Kier molecular flexibility index (Phi) is 7.36. The summed E-state index contributed by atoms with van der Waals surface area (Å²) < 4.78 is 1.10. The fraction of sp³-hybridized carbons (Fsp3) is 0.615. The average Bonchev–Trinajstić information content (AvgIpc) is 2.97. The molecule has 1 aliphatic rings. The Bertz CT molecular complexity index is 407. The zero-order chi connectivity index (χ0) is 13.0. The number of rotatable bonds is 5. The summed E-state index contributed by atoms with van der Waals surface area (Å²) in [6, 6.07) is 2.08. The van der Waals surface area contributed by atoms with E-state index >= 15 is 0 Å². The lowest BCUT2D eigenvalue weighted by Crippen LogP contribution is -2.26. The van der Waals surface area contributed by atoms with Crippen molar-refractivity contribution in [3.8, 4) is 0 Å². The van der Waals surface area contributed by atoms with Gasteiger partial charge in [0.2, 0.25) is 5.91 Å². The highest BCUT2D eigenvalue weighted by Crippen LogP contribution is 2.21. The van der Waals surface area contributed by atoms with Gasteiger partial charge in [0.25, 0.3) is 0 Å². The summed E-state index contributed by atoms with van der Waals surface area (Å²) in [7, 11) is 1.89. The van der Waals surface area contributed by atoms with E-state index in [0.717, 1.165) is 30.5 Å². The van der Waals surface area contributed by atoms with Gasteiger partial charge in [-0.2, -0.15) is 0 Å². The maximum Gasteiger partial charge on any atom is 0.222 e. The Labute approximate surface area is 133 Å². The first-order valence-corrected chi connectivity index (χ1v) is 8.00. The van der Waals surface area contributed by atoms with E-state index in [1.165, 1.54) is 11.3 Å². The van der Waals surface area contributed by atoms with E-state index in [0.29, 0.717) is 12.3 Å². The number of nitrogens with zero attached hydrogens (tertiary/aromatic N) is 1. The van der Waals surface area contributed by atoms with Crippen molar-refractivity contribution in [3.63, 3.8) is 0 Å². The van der Waals surface area contributed by atoms with Crippen LogP contribution in [0.15, 0.2) is 15.9 Å². The summed E-state index contributed by atoms with van der Waals surface area (Å²) in [5.74, 6) is 0.949. The predicted molar refractivity (Wildman–Crippen MR) is 86.0 cm³/mol. The molecule has 19 heavy (non-hydrogen) atoms. The number of nitrogens with one attached hydrogen (secondary N) is 1. The lowest BCUT2D eigenvalue weighted by Gasteiger charge is -2.17. The summed E-state index contributed by atoms with van der Waals surface area (Å²) >= 11 is 5.12. The van der Waals surface area contributed by atoms with Crippen molar-refractivity contribution < 1.29 is 4.79 Å². The monoisotopic (exact) mass is 366 g/mol. The maximum atomic E-state index is 12.0. The highest BCUT2D eigenvalue weighted by molar-refractivity contribution is 9.10. The minimum atomic E-state index is 0. The SMILES string of the molecule is CN(Cc1cc(Br)cs1)C(=O)CCC1CCNC1.Cl. The van der Waals surface area contributed by atoms with Crippen LogP contribution >= 0.6 is 39.7 Å². The van der Waals surface area contributed by atoms with E-state index < -0.39 is 0 Å². The van der Waals surface area contributed by atoms with Crippen molar-refractivity contribution in [2.24, 2.45) is 5.92 Å². The Morgan fingerprint density at radius 2 is 2.42 bits per heavy atom. The molecule has 1 saturated heterocycles. The summed E-state index contributed by atoms with van der Waals surface area (Å²) in [6.07, 6.45) is 2.91. The van der Waals surface area contributed by atoms with E-state index in [1.807, 2.05) is 11.9 Å². The largest absolute Gasteiger partial charge is 0.341 e. The van der Waals surface area contributed by atoms with Gasteiger partial charge in [0.05, 0.1) is 6.54 Å². The molecule has 0 saturated carbocycles. The molecule has 1 aromatic rings. The Morgan fingerprint density at radius 3 is 3.00 bits per heavy atom. The molecule has 0 spiro atoms. The second-order valence-electron chi connectivity index (χ2n) is 4.88. The van der Waals surface area contributed by atoms with Gasteiger partial charge in [-0.1, -0.05) is 0 Å². The molecule has 108 valence electrons. The molecule has 1 amide bonds. The second kappa shape index (κ2) is 8.25. The highest BCUT2D eigenvalue weighted by Gasteiger charge is 2.17. The Morgan fingerprint density at radius 1 is 1.63 bits per heavy atom. The molecule has 0 bridgehead atoms. The van der Waals surface area contributed by atoms with Gasteiger partial charge in [-0.15, -0.1) is 23.7 Å². The predicted octanol–water partition coefficient (Wildman–Crippen LogP) is 3.28. The molecule has 1 aromatic heterocycles. The molecule has 0 aliphatic carbocycles. The lowest BCUT2D eigenvalue weighted by atomic mass is 10.0. The van der Waals surface area contributed by atoms with Gasteiger partial charge in [0.1, 0.15) is 0 Å². The van der Waals surface area contributed by atoms with Gasteiger partial charge >= 0.3 is 0 Å². The molecule has 0 radical (unpaired) electrons. The first-order valence-electron chi connectivity index (χ1n) is 6.32. The van der Waals surface area contributed by atoms with E-state index in [-0.39, 0.29) is 18.3 Å². The van der Waals surface area contributed by atoms with Crippen LogP contribution in [0.1, 0.15) is 24.1 Å². The first kappa shape index (κ1) is 17.0. The molecule has 1 unspecified atom stereocenters. The van der Waals surface area contributed by atoms with Gasteiger partial charge in [-0.05, 0) is 53.8 Å². The number of halogens is 2. The third kappa shape index (κ3) is 5.42. The van der Waals surface area contributed by atoms with Crippen molar-refractivity contribution in [2.75, 3.05) is 20.1 Å². The molecule has 1 N–H and O–H groups in total. The number of hydrogen-bond acceptors (Lipinski definition) is 3. The topological polar surface area (TPSA) is 32.3 Å². The average molecular weight is 368 g/mol. The van der Waals surface area contributed by atoms with E-state index in [2.05, 4.69) is 32.7 Å². The molecule has 2 rings (SSSR count). The molecule has 1 fully saturated rings. The maximum absolute atomic E-state index is 12.0. The van der Waals surface area contributed by atoms with Crippen LogP contribution in [0, 0.1) is 5.92 Å². The minimum Gasteiger partial charge on any atom is -0.341 e. The summed E-state index contributed by atoms with van der Waals surface area (Å²) in [4.78, 5) is 15.1. The van der Waals surface area contributed by atoms with Crippen molar-refractivity contribution in [1.29, 1.82) is 0 Å². The second-order valence-corrected chi connectivity index (χ2v) is 6.79. The summed E-state index contributed by atoms with van der Waals surface area (Å²) in [5.41, 5.74) is 0. The molecule has 1 atom stereocenters. The van der Waals surface area contributed by atoms with E-state index in [9.17, 15) is 4.79 Å². The van der Waals surface area contributed by atoms with Gasteiger partial charge in [0, 0.05) is 28.2 Å². The van der Waals surface area contributed by atoms with Crippen molar-refractivity contribution in [3.05, 3.63) is 20.8 Å². The van der Waals surface area contributed by atoms with Crippen LogP contribution in [-0.4, -0.2) is 30.9 Å². The van der Waals surface area contributed by atoms with Gasteiger partial charge in [-0.25, -0.2) is 0 Å². The van der Waals surface area contributed by atoms with Crippen LogP contribution in [0.4, 0.5) is 0 Å². The molecule has 0 aromatic carbocycles. The van der Waals surface area contributed by atoms with Crippen LogP contribution in [-0.2, 0) is 11.3 Å². The smallest absolute Gasteiger partial charge is 0.222 e. The first-order chi connectivity index (χ1) is 8.65. The lowest BCUT2D eigenvalue weighted by molar-refractivity contribution is -0.130. The minimum absolute atomic E-state index is 0. The molecule has 3 nitrogen and oxygen atoms in total. The normalized spacial score (nSPS) is 18.1. The molecular weight excluding hydrogens is 348 g/mol. The number of hydrogen-bond donors (Lipinski definition) is 1. The van der Waals surface area contributed by atoms with Crippen molar-refractivity contribution in [2.45, 2.75) is 25.8 Å². The standard InChI is InChI=1S/C13H19BrN2OS.ClH/c1-16(8-12-6-11(14)9-18-12)13(17)3-2-10-4-5-15-7-10;/h6,9-10,15H,2-5,7-8H2,1H3;1H. The fourth-order valence-electron chi connectivity index (χ4n) is 2.24. The van der Waals surface area contributed by atoms with Crippen LogP contribution in [0.3, 0.4) is 0 Å². The number of carbonyl (C=O) groups is 1. The Balaban J connectivity index is 0.00000180. The third-order valence-corrected chi connectivity index (χ3v) is 5.05. The van der Waals surface area contributed by atoms with Crippen LogP contribution in [0.25, 0.3) is 0 Å². The molecule has 2 heterocycles. The van der Waals surface area contributed by atoms with Gasteiger partial charge in [-0.3, -0.25) is 4.79 Å². The number of amides is 1. The molecule has 1 aliphatic heterocycles. The zero-order valence-electron chi connectivity index (χ0n) is 11.0. The summed E-state index contributed by atoms with van der Waals surface area (Å²) in [5, 5.41) is 5.39. The van der Waals surface area contributed by atoms with Gasteiger partial charge in [0.15, 0.2) is 0 Å². The van der Waals surface area contributed by atoms with Crippen LogP contribution in [0.2, 0.25) is 0 Å². The van der Waals surface area contributed by atoms with Crippen molar-refractivity contribution >= 4 is 45.6 Å². The van der Waals surface area contributed by atoms with Gasteiger partial charge < -0.3 is 10.2 Å². The zero-order valence-corrected chi connectivity index (χ0v) is 14.2. The highest BCUT2D eigenvalue weighted by atomic mass is 79.9. The van der Waals surface area contributed by atoms with E-state index in [1.54, 1.807) is 11.3 Å². The number of thiophene rings is 1. The van der Waals surface area contributed by atoms with Crippen LogP contribution in [0.5, 0.6) is 0 Å². The van der Waals surface area contributed by atoms with Crippen LogP contribution < -0.4 is 5.32 Å².